The van der Waals surface area contributed by atoms with Crippen molar-refractivity contribution in [1.82, 2.24) is 15.4 Å². The van der Waals surface area contributed by atoms with E-state index in [1.807, 2.05) is 6.07 Å². The zero-order chi connectivity index (χ0) is 22.8. The molecule has 10 nitrogen and oxygen atoms in total. The monoisotopic (exact) mass is 427 g/mol. The number of hydrogen-bond donors (Lipinski definition) is 4. The molecule has 3 rings (SSSR count). The number of carbonyl (C=O) groups excluding carboxylic acids is 1. The summed E-state index contributed by atoms with van der Waals surface area (Å²) in [4.78, 5) is 26.3. The molecule has 2 aromatic rings. The van der Waals surface area contributed by atoms with Crippen molar-refractivity contribution >= 4 is 11.7 Å². The summed E-state index contributed by atoms with van der Waals surface area (Å²) in [7, 11) is 0. The van der Waals surface area contributed by atoms with Gasteiger partial charge in [-0.1, -0.05) is 12.1 Å². The van der Waals surface area contributed by atoms with Gasteiger partial charge in [-0.25, -0.2) is 10.5 Å². The molecule has 0 spiro atoms. The van der Waals surface area contributed by atoms with E-state index in [0.29, 0.717) is 24.0 Å². The molecule has 1 saturated carbocycles. The number of carbonyl (C=O) groups is 1. The van der Waals surface area contributed by atoms with E-state index >= 15 is 0 Å². The zero-order valence-corrected chi connectivity index (χ0v) is 17.5. The van der Waals surface area contributed by atoms with E-state index in [1.54, 1.807) is 31.2 Å². The number of nitrogen functional groups attached to an aromatic ring is 1. The van der Waals surface area contributed by atoms with Crippen LogP contribution in [0.3, 0.4) is 0 Å². The number of amides is 1. The lowest BCUT2D eigenvalue weighted by molar-refractivity contribution is -0.0904. The van der Waals surface area contributed by atoms with Gasteiger partial charge in [-0.3, -0.25) is 9.63 Å². The van der Waals surface area contributed by atoms with Crippen molar-refractivity contribution in [1.29, 1.82) is 5.26 Å². The highest BCUT2D eigenvalue weighted by Crippen LogP contribution is 2.36. The molecule has 1 fully saturated rings. The quantitative estimate of drug-likeness (QED) is 0.477. The summed E-state index contributed by atoms with van der Waals surface area (Å²) in [5, 5.41) is 28.8. The molecule has 31 heavy (non-hydrogen) atoms. The molecule has 0 radical (unpaired) electrons. The lowest BCUT2D eigenvalue weighted by atomic mass is 9.79. The Morgan fingerprint density at radius 1 is 1.42 bits per heavy atom. The largest absolute Gasteiger partial charge is 0.473 e. The van der Waals surface area contributed by atoms with Gasteiger partial charge in [0, 0.05) is 18.4 Å². The molecule has 10 heteroatoms. The van der Waals surface area contributed by atoms with E-state index < -0.39 is 17.1 Å². The van der Waals surface area contributed by atoms with E-state index in [4.69, 9.17) is 20.6 Å². The minimum Gasteiger partial charge on any atom is -0.473 e. The van der Waals surface area contributed by atoms with Crippen LogP contribution in [0, 0.1) is 11.3 Å². The fourth-order valence-corrected chi connectivity index (χ4v) is 3.10. The molecule has 0 saturated heterocycles. The highest BCUT2D eigenvalue weighted by Gasteiger charge is 2.41. The molecule has 5 N–H and O–H groups in total. The third kappa shape index (κ3) is 5.67. The van der Waals surface area contributed by atoms with Crippen molar-refractivity contribution in [3.05, 3.63) is 35.4 Å². The predicted octanol–water partition coefficient (Wildman–Crippen LogP) is 1.32. The van der Waals surface area contributed by atoms with Gasteiger partial charge in [-0.15, -0.1) is 0 Å². The summed E-state index contributed by atoms with van der Waals surface area (Å²) in [5.74, 6) is -0.752. The number of nitrogens with two attached hydrogens (primary N) is 1. The van der Waals surface area contributed by atoms with Gasteiger partial charge < -0.3 is 20.7 Å². The minimum absolute atomic E-state index is 0.0604. The zero-order valence-electron chi connectivity index (χ0n) is 17.5. The second-order valence-electron chi connectivity index (χ2n) is 8.48. The predicted molar refractivity (Wildman–Crippen MR) is 111 cm³/mol. The number of nitriles is 1. The van der Waals surface area contributed by atoms with Crippen LogP contribution in [-0.4, -0.2) is 50.0 Å². The number of benzene rings is 1. The Morgan fingerprint density at radius 3 is 2.74 bits per heavy atom. The topological polar surface area (TPSA) is 164 Å². The van der Waals surface area contributed by atoms with E-state index in [2.05, 4.69) is 15.4 Å². The van der Waals surface area contributed by atoms with Gasteiger partial charge in [0.15, 0.2) is 5.82 Å². The number of hydrogen-bond acceptors (Lipinski definition) is 9. The fourth-order valence-electron chi connectivity index (χ4n) is 3.10. The van der Waals surface area contributed by atoms with E-state index in [0.717, 1.165) is 0 Å². The van der Waals surface area contributed by atoms with Gasteiger partial charge in [-0.05, 0) is 32.9 Å². The molecular formula is C21H25N5O5. The second kappa shape index (κ2) is 8.47. The van der Waals surface area contributed by atoms with Crippen LogP contribution < -0.4 is 16.0 Å². The Bertz CT molecular complexity index is 1020. The minimum atomic E-state index is -1.15. The summed E-state index contributed by atoms with van der Waals surface area (Å²) < 4.78 is 5.86. The van der Waals surface area contributed by atoms with Crippen LogP contribution >= 0.6 is 0 Å². The molecule has 0 atom stereocenters. The molecule has 0 unspecified atom stereocenters. The average Bonchev–Trinajstić information content (AvgIpc) is 2.65. The average molecular weight is 427 g/mol. The molecule has 1 aromatic carbocycles. The van der Waals surface area contributed by atoms with Crippen LogP contribution in [0.25, 0.3) is 11.4 Å². The Hall–Kier alpha value is -3.26. The third-order valence-corrected chi connectivity index (χ3v) is 4.58. The van der Waals surface area contributed by atoms with Crippen LogP contribution in [-0.2, 0) is 4.84 Å². The molecule has 1 heterocycles. The highest BCUT2D eigenvalue weighted by molar-refractivity contribution is 6.00. The van der Waals surface area contributed by atoms with Crippen molar-refractivity contribution in [2.45, 2.75) is 50.9 Å². The van der Waals surface area contributed by atoms with Gasteiger partial charge >= 0.3 is 0 Å². The van der Waals surface area contributed by atoms with Crippen molar-refractivity contribution < 1.29 is 24.6 Å². The van der Waals surface area contributed by atoms with Crippen LogP contribution in [0.1, 0.15) is 49.5 Å². The summed E-state index contributed by atoms with van der Waals surface area (Å²) in [6.45, 7) is 4.59. The molecule has 1 aliphatic carbocycles. The molecule has 164 valence electrons. The van der Waals surface area contributed by atoms with Gasteiger partial charge in [0.1, 0.15) is 24.1 Å². The summed E-state index contributed by atoms with van der Waals surface area (Å²) in [5.41, 5.74) is 7.10. The number of hydroxylamine groups is 1. The first-order valence-electron chi connectivity index (χ1n) is 9.69. The normalized spacial score (nSPS) is 20.5. The van der Waals surface area contributed by atoms with Crippen LogP contribution in [0.2, 0.25) is 0 Å². The smallest absolute Gasteiger partial charge is 0.284 e. The van der Waals surface area contributed by atoms with Crippen molar-refractivity contribution in [2.75, 3.05) is 12.3 Å². The summed E-state index contributed by atoms with van der Waals surface area (Å²) in [6, 6.07) is 8.67. The lowest BCUT2D eigenvalue weighted by Crippen LogP contribution is -2.47. The van der Waals surface area contributed by atoms with Crippen molar-refractivity contribution in [2.24, 2.45) is 0 Å². The van der Waals surface area contributed by atoms with E-state index in [-0.39, 0.29) is 35.8 Å². The molecule has 1 amide bonds. The Balaban J connectivity index is 1.93. The van der Waals surface area contributed by atoms with Crippen LogP contribution in [0.4, 0.5) is 5.82 Å². The van der Waals surface area contributed by atoms with Gasteiger partial charge in [0.05, 0.1) is 22.8 Å². The molecule has 1 aromatic heterocycles. The number of ether oxygens (including phenoxy) is 1. The second-order valence-corrected chi connectivity index (χ2v) is 8.48. The lowest BCUT2D eigenvalue weighted by Gasteiger charge is -2.40. The van der Waals surface area contributed by atoms with Gasteiger partial charge in [-0.2, -0.15) is 10.2 Å². The number of nitrogens with one attached hydrogen (secondary N) is 1. The maximum absolute atomic E-state index is 12.7. The standard InChI is InChI=1S/C21H25N5O5/c1-20(2,28)11-30-26-18(27)15-16(23)24-17(13-6-4-5-12(7-13)10-22)25-19(15)31-14-8-21(3,29)9-14/h4-7,14,28-29H,8-9,11H2,1-3H3,(H,26,27)(H2,23,24,25). The number of anilines is 1. The fraction of sp³-hybridized carbons (Fsp3) is 0.429. The van der Waals surface area contributed by atoms with E-state index in [9.17, 15) is 15.0 Å². The maximum Gasteiger partial charge on any atom is 0.284 e. The van der Waals surface area contributed by atoms with Gasteiger partial charge in [0.25, 0.3) is 5.91 Å². The Labute approximate surface area is 179 Å². The number of nitrogens with zero attached hydrogens (tertiary/aromatic N) is 3. The Morgan fingerprint density at radius 2 is 2.13 bits per heavy atom. The molecule has 1 aliphatic rings. The van der Waals surface area contributed by atoms with Crippen LogP contribution in [0.15, 0.2) is 24.3 Å². The number of aromatic nitrogens is 2. The first-order chi connectivity index (χ1) is 14.5. The molecule has 0 aliphatic heterocycles. The number of aliphatic hydroxyl groups is 2. The van der Waals surface area contributed by atoms with Crippen molar-refractivity contribution in [3.8, 4) is 23.3 Å². The number of rotatable bonds is 7. The summed E-state index contributed by atoms with van der Waals surface area (Å²) in [6.07, 6.45) is 0.380. The SMILES string of the molecule is CC(C)(O)CONC(=O)c1c(N)nc(-c2cccc(C#N)c2)nc1OC1CC(C)(O)C1. The first-order valence-corrected chi connectivity index (χ1v) is 9.69. The maximum atomic E-state index is 12.7. The van der Waals surface area contributed by atoms with Crippen LogP contribution in [0.5, 0.6) is 5.88 Å². The summed E-state index contributed by atoms with van der Waals surface area (Å²) >= 11 is 0. The van der Waals surface area contributed by atoms with Crippen molar-refractivity contribution in [3.63, 3.8) is 0 Å². The van der Waals surface area contributed by atoms with Gasteiger partial charge in [0.2, 0.25) is 5.88 Å². The molecular weight excluding hydrogens is 402 g/mol. The third-order valence-electron chi connectivity index (χ3n) is 4.58. The first kappa shape index (κ1) is 22.4. The van der Waals surface area contributed by atoms with E-state index in [1.165, 1.54) is 13.8 Å². The Kier molecular flexibility index (Phi) is 6.13. The molecule has 0 bridgehead atoms. The highest BCUT2D eigenvalue weighted by atomic mass is 16.7.